The lowest BCUT2D eigenvalue weighted by Gasteiger charge is -2.28. The first-order valence-electron chi connectivity index (χ1n) is 9.04. The molecule has 2 aromatic rings. The average molecular weight is 351 g/mol. The van der Waals surface area contributed by atoms with Crippen molar-refractivity contribution in [1.29, 1.82) is 0 Å². The minimum atomic E-state index is -0.189. The zero-order valence-corrected chi connectivity index (χ0v) is 15.1. The molecule has 0 saturated carbocycles. The van der Waals surface area contributed by atoms with Gasteiger partial charge in [-0.25, -0.2) is 0 Å². The molecule has 0 spiro atoms. The van der Waals surface area contributed by atoms with Crippen molar-refractivity contribution in [3.63, 3.8) is 0 Å². The van der Waals surface area contributed by atoms with Crippen LogP contribution in [0.15, 0.2) is 54.6 Å². The second-order valence-electron chi connectivity index (χ2n) is 6.80. The predicted molar refractivity (Wildman–Crippen MR) is 103 cm³/mol. The van der Waals surface area contributed by atoms with E-state index < -0.39 is 0 Å². The molecule has 1 aliphatic rings. The van der Waals surface area contributed by atoms with Crippen molar-refractivity contribution >= 4 is 17.5 Å². The first kappa shape index (κ1) is 18.1. The summed E-state index contributed by atoms with van der Waals surface area (Å²) < 4.78 is 0. The Morgan fingerprint density at radius 3 is 2.58 bits per heavy atom. The van der Waals surface area contributed by atoms with Crippen LogP contribution in [-0.2, 0) is 11.3 Å². The molecule has 1 atom stereocenters. The predicted octanol–water partition coefficient (Wildman–Crippen LogP) is 2.90. The zero-order chi connectivity index (χ0) is 18.4. The fourth-order valence-electron chi connectivity index (χ4n) is 3.28. The van der Waals surface area contributed by atoms with Crippen molar-refractivity contribution in [3.8, 4) is 0 Å². The number of amides is 2. The van der Waals surface area contributed by atoms with E-state index in [0.29, 0.717) is 17.8 Å². The highest BCUT2D eigenvalue weighted by atomic mass is 16.2. The van der Waals surface area contributed by atoms with Gasteiger partial charge in [0, 0.05) is 13.1 Å². The van der Waals surface area contributed by atoms with Crippen LogP contribution < -0.4 is 10.6 Å². The smallest absolute Gasteiger partial charge is 0.253 e. The van der Waals surface area contributed by atoms with Gasteiger partial charge >= 0.3 is 0 Å². The van der Waals surface area contributed by atoms with Gasteiger partial charge in [-0.3, -0.25) is 9.59 Å². The van der Waals surface area contributed by atoms with Crippen LogP contribution in [0.3, 0.4) is 0 Å². The summed E-state index contributed by atoms with van der Waals surface area (Å²) in [6.07, 6.45) is 1.91. The van der Waals surface area contributed by atoms with Gasteiger partial charge in [0.15, 0.2) is 0 Å². The summed E-state index contributed by atoms with van der Waals surface area (Å²) in [4.78, 5) is 27.3. The Hall–Kier alpha value is -2.66. The van der Waals surface area contributed by atoms with Gasteiger partial charge in [-0.05, 0) is 44.1 Å². The fraction of sp³-hybridized carbons (Fsp3) is 0.333. The van der Waals surface area contributed by atoms with Crippen LogP contribution in [0.2, 0.25) is 0 Å². The molecule has 0 aliphatic carbocycles. The quantitative estimate of drug-likeness (QED) is 0.871. The second-order valence-corrected chi connectivity index (χ2v) is 6.80. The number of carbonyl (C=O) groups excluding carboxylic acids is 2. The standard InChI is InChI=1S/C21H25N3O2/c1-24-13-7-10-17(15-24)20(25)23-19-12-6-5-11-18(19)21(26)22-14-16-8-3-2-4-9-16/h2-6,8-9,11-12,17H,7,10,13-15H2,1H3,(H,22,26)(H,23,25). The normalized spacial score (nSPS) is 17.5. The zero-order valence-electron chi connectivity index (χ0n) is 15.1. The molecule has 0 aromatic heterocycles. The summed E-state index contributed by atoms with van der Waals surface area (Å²) >= 11 is 0. The summed E-state index contributed by atoms with van der Waals surface area (Å²) in [6, 6.07) is 16.9. The van der Waals surface area contributed by atoms with Crippen LogP contribution >= 0.6 is 0 Å². The van der Waals surface area contributed by atoms with Gasteiger partial charge in [-0.15, -0.1) is 0 Å². The molecule has 136 valence electrons. The van der Waals surface area contributed by atoms with Crippen LogP contribution in [-0.4, -0.2) is 36.9 Å². The van der Waals surface area contributed by atoms with Crippen molar-refractivity contribution in [1.82, 2.24) is 10.2 Å². The number of benzene rings is 2. The van der Waals surface area contributed by atoms with Gasteiger partial charge in [-0.1, -0.05) is 42.5 Å². The highest BCUT2D eigenvalue weighted by molar-refractivity contribution is 6.04. The van der Waals surface area contributed by atoms with Crippen molar-refractivity contribution in [2.75, 3.05) is 25.5 Å². The number of piperidine rings is 1. The number of nitrogens with zero attached hydrogens (tertiary/aromatic N) is 1. The minimum absolute atomic E-state index is 0.0140. The monoisotopic (exact) mass is 351 g/mol. The van der Waals surface area contributed by atoms with E-state index in [9.17, 15) is 9.59 Å². The van der Waals surface area contributed by atoms with Crippen LogP contribution in [0, 0.1) is 5.92 Å². The first-order chi connectivity index (χ1) is 12.6. The molecule has 1 aliphatic heterocycles. The van der Waals surface area contributed by atoms with Gasteiger partial charge in [0.25, 0.3) is 5.91 Å². The van der Waals surface area contributed by atoms with E-state index in [1.54, 1.807) is 12.1 Å². The van der Waals surface area contributed by atoms with Gasteiger partial charge in [0.05, 0.1) is 17.2 Å². The minimum Gasteiger partial charge on any atom is -0.348 e. The highest BCUT2D eigenvalue weighted by Crippen LogP contribution is 2.20. The van der Waals surface area contributed by atoms with Crippen molar-refractivity contribution < 1.29 is 9.59 Å². The maximum Gasteiger partial charge on any atom is 0.253 e. The van der Waals surface area contributed by atoms with Gasteiger partial charge in [0.2, 0.25) is 5.91 Å². The SMILES string of the molecule is CN1CCCC(C(=O)Nc2ccccc2C(=O)NCc2ccccc2)C1. The van der Waals surface area contributed by atoms with Gasteiger partial charge in [0.1, 0.15) is 0 Å². The number of likely N-dealkylation sites (tertiary alicyclic amines) is 1. The van der Waals surface area contributed by atoms with Gasteiger partial charge in [-0.2, -0.15) is 0 Å². The second kappa shape index (κ2) is 8.63. The topological polar surface area (TPSA) is 61.4 Å². The Balaban J connectivity index is 1.65. The lowest BCUT2D eigenvalue weighted by molar-refractivity contribution is -0.121. The Morgan fingerprint density at radius 2 is 1.81 bits per heavy atom. The van der Waals surface area contributed by atoms with E-state index in [2.05, 4.69) is 15.5 Å². The Labute approximate surface area is 154 Å². The third-order valence-corrected chi connectivity index (χ3v) is 4.72. The summed E-state index contributed by atoms with van der Waals surface area (Å²) in [5, 5.41) is 5.87. The van der Waals surface area contributed by atoms with Crippen molar-refractivity contribution in [2.45, 2.75) is 19.4 Å². The van der Waals surface area contributed by atoms with E-state index in [4.69, 9.17) is 0 Å². The van der Waals surface area contributed by atoms with Crippen LogP contribution in [0.4, 0.5) is 5.69 Å². The Morgan fingerprint density at radius 1 is 1.08 bits per heavy atom. The van der Waals surface area contributed by atoms with E-state index in [0.717, 1.165) is 31.5 Å². The molecular weight excluding hydrogens is 326 g/mol. The summed E-state index contributed by atoms with van der Waals surface area (Å²) in [7, 11) is 2.03. The van der Waals surface area contributed by atoms with Crippen molar-refractivity contribution in [2.24, 2.45) is 5.92 Å². The highest BCUT2D eigenvalue weighted by Gasteiger charge is 2.25. The van der Waals surface area contributed by atoms with Crippen molar-refractivity contribution in [3.05, 3.63) is 65.7 Å². The molecule has 3 rings (SSSR count). The number of para-hydroxylation sites is 1. The maximum atomic E-state index is 12.6. The third-order valence-electron chi connectivity index (χ3n) is 4.72. The van der Waals surface area contributed by atoms with Crippen LogP contribution in [0.25, 0.3) is 0 Å². The number of hydrogen-bond acceptors (Lipinski definition) is 3. The molecule has 2 N–H and O–H groups in total. The molecule has 2 aromatic carbocycles. The lowest BCUT2D eigenvalue weighted by atomic mass is 9.97. The lowest BCUT2D eigenvalue weighted by Crippen LogP contribution is -2.38. The van der Waals surface area contributed by atoms with E-state index >= 15 is 0 Å². The Kier molecular flexibility index (Phi) is 6.02. The largest absolute Gasteiger partial charge is 0.348 e. The number of hydrogen-bond donors (Lipinski definition) is 2. The number of anilines is 1. The molecule has 2 amide bonds. The Bertz CT molecular complexity index is 761. The van der Waals surface area contributed by atoms with Gasteiger partial charge < -0.3 is 15.5 Å². The number of rotatable bonds is 5. The maximum absolute atomic E-state index is 12.6. The molecule has 0 bridgehead atoms. The summed E-state index contributed by atoms with van der Waals surface area (Å²) in [5.41, 5.74) is 2.09. The average Bonchev–Trinajstić information content (AvgIpc) is 2.67. The first-order valence-corrected chi connectivity index (χ1v) is 9.04. The van der Waals surface area contributed by atoms with E-state index in [-0.39, 0.29) is 17.7 Å². The molecule has 1 fully saturated rings. The number of nitrogens with one attached hydrogen (secondary N) is 2. The van der Waals surface area contributed by atoms with E-state index in [1.807, 2.05) is 49.5 Å². The third kappa shape index (κ3) is 4.70. The summed E-state index contributed by atoms with van der Waals surface area (Å²) in [6.45, 7) is 2.24. The molecule has 5 heteroatoms. The van der Waals surface area contributed by atoms with Crippen LogP contribution in [0.1, 0.15) is 28.8 Å². The molecule has 26 heavy (non-hydrogen) atoms. The fourth-order valence-corrected chi connectivity index (χ4v) is 3.28. The number of carbonyl (C=O) groups is 2. The van der Waals surface area contributed by atoms with Crippen LogP contribution in [0.5, 0.6) is 0 Å². The molecular formula is C21H25N3O2. The molecule has 1 unspecified atom stereocenters. The molecule has 0 radical (unpaired) electrons. The molecule has 1 heterocycles. The van der Waals surface area contributed by atoms with E-state index in [1.165, 1.54) is 0 Å². The molecule has 1 saturated heterocycles. The summed E-state index contributed by atoms with van der Waals surface area (Å²) in [5.74, 6) is -0.237. The molecule has 5 nitrogen and oxygen atoms in total.